The molecule has 1 aliphatic heterocycles. The number of halogens is 3. The van der Waals surface area contributed by atoms with Crippen LogP contribution in [-0.4, -0.2) is 25.7 Å². The summed E-state index contributed by atoms with van der Waals surface area (Å²) in [4.78, 5) is 1.60. The van der Waals surface area contributed by atoms with E-state index in [1.165, 1.54) is 12.1 Å². The third-order valence-electron chi connectivity index (χ3n) is 4.23. The van der Waals surface area contributed by atoms with E-state index in [4.69, 9.17) is 0 Å². The predicted molar refractivity (Wildman–Crippen MR) is 71.3 cm³/mol. The molecule has 1 aromatic rings. The van der Waals surface area contributed by atoms with Crippen LogP contribution in [0.1, 0.15) is 30.9 Å². The zero-order chi connectivity index (χ0) is 14.6. The molecule has 0 aromatic heterocycles. The minimum atomic E-state index is -4.25. The van der Waals surface area contributed by atoms with Crippen LogP contribution >= 0.6 is 0 Å². The quantitative estimate of drug-likeness (QED) is 0.819. The van der Waals surface area contributed by atoms with Crippen LogP contribution in [-0.2, 0) is 12.7 Å². The van der Waals surface area contributed by atoms with Crippen LogP contribution in [0.15, 0.2) is 24.3 Å². The van der Waals surface area contributed by atoms with Crippen LogP contribution < -0.4 is 10.2 Å². The number of hydrogen-bond acceptors (Lipinski definition) is 0. The molecule has 1 fully saturated rings. The van der Waals surface area contributed by atoms with E-state index in [-0.39, 0.29) is 0 Å². The fourth-order valence-electron chi connectivity index (χ4n) is 2.91. The molecular weight excluding hydrogens is 265 g/mol. The van der Waals surface area contributed by atoms with Gasteiger partial charge in [0.1, 0.15) is 6.54 Å². The van der Waals surface area contributed by atoms with Crippen molar-refractivity contribution in [1.82, 2.24) is 0 Å². The first-order valence-corrected chi connectivity index (χ1v) is 7.32. The van der Waals surface area contributed by atoms with E-state index in [9.17, 15) is 13.2 Å². The summed E-state index contributed by atoms with van der Waals surface area (Å²) in [5, 5.41) is 2.08. The van der Waals surface area contributed by atoms with Gasteiger partial charge in [-0.05, 0) is 13.0 Å². The van der Waals surface area contributed by atoms with E-state index < -0.39 is 11.7 Å². The molecule has 0 aliphatic carbocycles. The number of nitrogens with one attached hydrogen (secondary N) is 1. The molecule has 0 amide bonds. The van der Waals surface area contributed by atoms with Gasteiger partial charge in [-0.25, -0.2) is 0 Å². The number of nitrogens with two attached hydrogens (primary N) is 1. The number of piperidine rings is 1. The molecule has 1 aliphatic rings. The number of hydrogen-bond donors (Lipinski definition) is 2. The number of rotatable bonds is 4. The Labute approximate surface area is 118 Å². The van der Waals surface area contributed by atoms with Gasteiger partial charge in [0.15, 0.2) is 0 Å². The summed E-state index contributed by atoms with van der Waals surface area (Å²) < 4.78 is 38.7. The van der Waals surface area contributed by atoms with Gasteiger partial charge in [0.2, 0.25) is 0 Å². The Balaban J connectivity index is 1.92. The van der Waals surface area contributed by atoms with E-state index in [0.717, 1.165) is 32.5 Å². The summed E-state index contributed by atoms with van der Waals surface area (Å²) >= 11 is 0. The third kappa shape index (κ3) is 3.96. The standard InChI is InChI=1S/C15H21F3N2/c1-2-20-9-7-13(8-10-20)19-11-12-5-3-4-6-14(12)15(16,17)18/h3-6,13,19H,2,7-11H2,1H3/p+2. The Kier molecular flexibility index (Phi) is 5.05. The van der Waals surface area contributed by atoms with Gasteiger partial charge in [-0.2, -0.15) is 13.2 Å². The van der Waals surface area contributed by atoms with Crippen molar-refractivity contribution < 1.29 is 23.4 Å². The molecular formula is C15H23F3N2+2. The van der Waals surface area contributed by atoms with Gasteiger partial charge in [-0.15, -0.1) is 0 Å². The number of quaternary nitrogens is 2. The summed E-state index contributed by atoms with van der Waals surface area (Å²) in [7, 11) is 0. The summed E-state index contributed by atoms with van der Waals surface area (Å²) in [5.41, 5.74) is -0.0989. The zero-order valence-corrected chi connectivity index (χ0v) is 11.8. The van der Waals surface area contributed by atoms with Gasteiger partial charge in [0.05, 0.1) is 31.2 Å². The molecule has 20 heavy (non-hydrogen) atoms. The molecule has 0 radical (unpaired) electrons. The first-order chi connectivity index (χ1) is 9.50. The highest BCUT2D eigenvalue weighted by atomic mass is 19.4. The number of likely N-dealkylation sites (tertiary alicyclic amines) is 1. The van der Waals surface area contributed by atoms with E-state index >= 15 is 0 Å². The first-order valence-electron chi connectivity index (χ1n) is 7.32. The largest absolute Gasteiger partial charge is 0.416 e. The van der Waals surface area contributed by atoms with Crippen molar-refractivity contribution >= 4 is 0 Å². The Morgan fingerprint density at radius 2 is 1.85 bits per heavy atom. The van der Waals surface area contributed by atoms with Gasteiger partial charge < -0.3 is 10.2 Å². The molecule has 1 saturated heterocycles. The minimum Gasteiger partial charge on any atom is -0.340 e. The lowest BCUT2D eigenvalue weighted by atomic mass is 10.0. The lowest BCUT2D eigenvalue weighted by Gasteiger charge is -2.27. The van der Waals surface area contributed by atoms with Crippen molar-refractivity contribution in [2.75, 3.05) is 19.6 Å². The normalized spacial score (nSPS) is 23.8. The second-order valence-corrected chi connectivity index (χ2v) is 5.54. The lowest BCUT2D eigenvalue weighted by Crippen LogP contribution is -3.14. The fraction of sp³-hybridized carbons (Fsp3) is 0.600. The van der Waals surface area contributed by atoms with Gasteiger partial charge in [-0.3, -0.25) is 0 Å². The van der Waals surface area contributed by atoms with Crippen LogP contribution in [0.5, 0.6) is 0 Å². The molecule has 1 aromatic carbocycles. The van der Waals surface area contributed by atoms with Crippen molar-refractivity contribution in [3.05, 3.63) is 35.4 Å². The third-order valence-corrected chi connectivity index (χ3v) is 4.23. The van der Waals surface area contributed by atoms with Crippen LogP contribution in [0.3, 0.4) is 0 Å². The minimum absolute atomic E-state index is 0.394. The van der Waals surface area contributed by atoms with E-state index in [0.29, 0.717) is 18.2 Å². The topological polar surface area (TPSA) is 21.1 Å². The highest BCUT2D eigenvalue weighted by Crippen LogP contribution is 2.31. The van der Waals surface area contributed by atoms with Gasteiger partial charge >= 0.3 is 6.18 Å². The summed E-state index contributed by atoms with van der Waals surface area (Å²) in [6.07, 6.45) is -2.06. The maximum atomic E-state index is 12.9. The number of alkyl halides is 3. The van der Waals surface area contributed by atoms with E-state index in [2.05, 4.69) is 12.2 Å². The van der Waals surface area contributed by atoms with Crippen LogP contribution in [0.4, 0.5) is 13.2 Å². The monoisotopic (exact) mass is 288 g/mol. The van der Waals surface area contributed by atoms with Crippen LogP contribution in [0, 0.1) is 0 Å². The summed E-state index contributed by atoms with van der Waals surface area (Å²) in [6, 6.07) is 6.36. The second-order valence-electron chi connectivity index (χ2n) is 5.54. The van der Waals surface area contributed by atoms with Crippen molar-refractivity contribution in [1.29, 1.82) is 0 Å². The Hall–Kier alpha value is -1.07. The van der Waals surface area contributed by atoms with Crippen molar-refractivity contribution in [3.8, 4) is 0 Å². The van der Waals surface area contributed by atoms with Crippen molar-refractivity contribution in [2.24, 2.45) is 0 Å². The van der Waals surface area contributed by atoms with Gasteiger partial charge in [0.25, 0.3) is 0 Å². The SMILES string of the molecule is CC[NH+]1CCC([NH2+]Cc2ccccc2C(F)(F)F)CC1. The predicted octanol–water partition coefficient (Wildman–Crippen LogP) is 0.836. The molecule has 3 N–H and O–H groups in total. The first kappa shape index (κ1) is 15.3. The van der Waals surface area contributed by atoms with Crippen molar-refractivity contribution in [2.45, 2.75) is 38.5 Å². The molecule has 0 bridgehead atoms. The molecule has 1 heterocycles. The Morgan fingerprint density at radius 1 is 1.20 bits per heavy atom. The molecule has 0 spiro atoms. The van der Waals surface area contributed by atoms with Crippen LogP contribution in [0.2, 0.25) is 0 Å². The average molecular weight is 288 g/mol. The maximum Gasteiger partial charge on any atom is 0.416 e. The average Bonchev–Trinajstić information content (AvgIpc) is 2.45. The molecule has 0 saturated carbocycles. The molecule has 0 atom stereocenters. The van der Waals surface area contributed by atoms with E-state index in [1.54, 1.807) is 17.0 Å². The highest BCUT2D eigenvalue weighted by Gasteiger charge is 2.33. The van der Waals surface area contributed by atoms with Gasteiger partial charge in [0, 0.05) is 18.4 Å². The maximum absolute atomic E-state index is 12.9. The Bertz CT molecular complexity index is 423. The van der Waals surface area contributed by atoms with Crippen molar-refractivity contribution in [3.63, 3.8) is 0 Å². The lowest BCUT2D eigenvalue weighted by molar-refractivity contribution is -0.912. The van der Waals surface area contributed by atoms with E-state index in [1.807, 2.05) is 0 Å². The van der Waals surface area contributed by atoms with Crippen LogP contribution in [0.25, 0.3) is 0 Å². The Morgan fingerprint density at radius 3 is 2.45 bits per heavy atom. The molecule has 5 heteroatoms. The second kappa shape index (κ2) is 6.59. The highest BCUT2D eigenvalue weighted by molar-refractivity contribution is 5.28. The zero-order valence-electron chi connectivity index (χ0n) is 11.8. The number of benzene rings is 1. The molecule has 2 rings (SSSR count). The molecule has 112 valence electrons. The molecule has 2 nitrogen and oxygen atoms in total. The van der Waals surface area contributed by atoms with Gasteiger partial charge in [-0.1, -0.05) is 18.2 Å². The summed E-state index contributed by atoms with van der Waals surface area (Å²) in [6.45, 7) is 6.02. The molecule has 0 unspecified atom stereocenters. The smallest absolute Gasteiger partial charge is 0.340 e. The fourth-order valence-corrected chi connectivity index (χ4v) is 2.91. The summed E-state index contributed by atoms with van der Waals surface area (Å²) in [5.74, 6) is 0.